The van der Waals surface area contributed by atoms with Gasteiger partial charge in [0.05, 0.1) is 20.1 Å². The Hall–Kier alpha value is -3.27. The normalized spacial score (nSPS) is 14.0. The lowest BCUT2D eigenvalue weighted by Gasteiger charge is -2.32. The van der Waals surface area contributed by atoms with Crippen LogP contribution in [0.1, 0.15) is 28.2 Å². The van der Waals surface area contributed by atoms with Crippen molar-refractivity contribution in [3.8, 4) is 11.5 Å². The molecule has 0 saturated heterocycles. The van der Waals surface area contributed by atoms with Crippen molar-refractivity contribution < 1.29 is 14.3 Å². The molecule has 0 fully saturated rings. The zero-order chi connectivity index (χ0) is 20.9. The minimum absolute atomic E-state index is 0.172. The summed E-state index contributed by atoms with van der Waals surface area (Å²) in [5, 5.41) is 0. The monoisotopic (exact) mass is 401 g/mol. The molecule has 0 radical (unpaired) electrons. The van der Waals surface area contributed by atoms with Crippen LogP contribution in [0.4, 0.5) is 0 Å². The van der Waals surface area contributed by atoms with E-state index in [0.29, 0.717) is 25.3 Å². The summed E-state index contributed by atoms with van der Waals surface area (Å²) in [7, 11) is 3.29. The third kappa shape index (κ3) is 4.18. The summed E-state index contributed by atoms with van der Waals surface area (Å²) < 4.78 is 10.9. The van der Waals surface area contributed by atoms with Gasteiger partial charge in [0.25, 0.3) is 0 Å². The molecule has 1 aliphatic rings. The Balaban J connectivity index is 1.61. The molecule has 0 spiro atoms. The Morgan fingerprint density at radius 2 is 1.50 bits per heavy atom. The van der Waals surface area contributed by atoms with Crippen LogP contribution in [0.5, 0.6) is 11.5 Å². The van der Waals surface area contributed by atoms with Gasteiger partial charge in [-0.1, -0.05) is 60.7 Å². The van der Waals surface area contributed by atoms with Crippen LogP contribution in [0, 0.1) is 0 Å². The van der Waals surface area contributed by atoms with Crippen LogP contribution in [-0.2, 0) is 24.2 Å². The van der Waals surface area contributed by atoms with Gasteiger partial charge in [0.2, 0.25) is 5.91 Å². The number of ether oxygens (including phenoxy) is 2. The van der Waals surface area contributed by atoms with E-state index < -0.39 is 0 Å². The van der Waals surface area contributed by atoms with Crippen LogP contribution in [0.25, 0.3) is 0 Å². The van der Waals surface area contributed by atoms with E-state index in [-0.39, 0.29) is 11.8 Å². The predicted molar refractivity (Wildman–Crippen MR) is 118 cm³/mol. The summed E-state index contributed by atoms with van der Waals surface area (Å²) in [5.41, 5.74) is 4.57. The SMILES string of the molecule is COc1cc2c(cc1OC)CN(C(=O)[C@H](Cc1ccccc1)c1ccccc1)CC2. The lowest BCUT2D eigenvalue weighted by molar-refractivity contribution is -0.133. The molecule has 0 unspecified atom stereocenters. The molecule has 3 aromatic rings. The molecule has 0 aliphatic carbocycles. The van der Waals surface area contributed by atoms with Gasteiger partial charge in [0.15, 0.2) is 11.5 Å². The van der Waals surface area contributed by atoms with E-state index in [4.69, 9.17) is 9.47 Å². The van der Waals surface area contributed by atoms with Crippen molar-refractivity contribution in [2.75, 3.05) is 20.8 Å². The predicted octanol–water partition coefficient (Wildman–Crippen LogP) is 4.62. The molecule has 1 atom stereocenters. The van der Waals surface area contributed by atoms with Crippen LogP contribution in [-0.4, -0.2) is 31.6 Å². The van der Waals surface area contributed by atoms with Gasteiger partial charge in [-0.05, 0) is 47.2 Å². The maximum Gasteiger partial charge on any atom is 0.230 e. The lowest BCUT2D eigenvalue weighted by Crippen LogP contribution is -2.39. The molecule has 1 heterocycles. The smallest absolute Gasteiger partial charge is 0.230 e. The number of methoxy groups -OCH3 is 2. The zero-order valence-corrected chi connectivity index (χ0v) is 17.5. The number of amides is 1. The molecule has 0 aromatic heterocycles. The molecule has 1 aliphatic heterocycles. The van der Waals surface area contributed by atoms with E-state index in [1.807, 2.05) is 53.4 Å². The number of nitrogens with zero attached hydrogens (tertiary/aromatic N) is 1. The van der Waals surface area contributed by atoms with Crippen LogP contribution in [0.2, 0.25) is 0 Å². The topological polar surface area (TPSA) is 38.8 Å². The largest absolute Gasteiger partial charge is 0.493 e. The van der Waals surface area contributed by atoms with E-state index in [9.17, 15) is 4.79 Å². The van der Waals surface area contributed by atoms with Crippen molar-refractivity contribution >= 4 is 5.91 Å². The van der Waals surface area contributed by atoms with E-state index in [1.54, 1.807) is 14.2 Å². The number of hydrogen-bond donors (Lipinski definition) is 0. The highest BCUT2D eigenvalue weighted by Crippen LogP contribution is 2.34. The molecule has 4 rings (SSSR count). The van der Waals surface area contributed by atoms with E-state index in [1.165, 1.54) is 11.1 Å². The molecule has 3 aromatic carbocycles. The quantitative estimate of drug-likeness (QED) is 0.605. The van der Waals surface area contributed by atoms with Crippen molar-refractivity contribution in [3.63, 3.8) is 0 Å². The first-order valence-electron chi connectivity index (χ1n) is 10.3. The second-order valence-electron chi connectivity index (χ2n) is 7.64. The summed E-state index contributed by atoms with van der Waals surface area (Å²) >= 11 is 0. The fraction of sp³-hybridized carbons (Fsp3) is 0.269. The standard InChI is InChI=1S/C26H27NO3/c1-29-24-16-21-13-14-27(18-22(21)17-25(24)30-2)26(28)23(20-11-7-4-8-12-20)15-19-9-5-3-6-10-19/h3-12,16-17,23H,13-15,18H2,1-2H3/t23-/m1/s1. The highest BCUT2D eigenvalue weighted by molar-refractivity contribution is 5.84. The zero-order valence-electron chi connectivity index (χ0n) is 17.5. The number of carbonyl (C=O) groups is 1. The lowest BCUT2D eigenvalue weighted by atomic mass is 9.89. The number of rotatable bonds is 6. The van der Waals surface area contributed by atoms with Crippen LogP contribution < -0.4 is 9.47 Å². The molecule has 30 heavy (non-hydrogen) atoms. The molecular weight excluding hydrogens is 374 g/mol. The minimum atomic E-state index is -0.199. The third-order valence-corrected chi connectivity index (χ3v) is 5.81. The molecule has 154 valence electrons. The maximum atomic E-state index is 13.7. The van der Waals surface area contributed by atoms with Gasteiger partial charge in [0.1, 0.15) is 0 Å². The summed E-state index contributed by atoms with van der Waals surface area (Å²) in [6, 6.07) is 24.4. The van der Waals surface area contributed by atoms with E-state index in [0.717, 1.165) is 23.3 Å². The summed E-state index contributed by atoms with van der Waals surface area (Å²) in [4.78, 5) is 15.6. The summed E-state index contributed by atoms with van der Waals surface area (Å²) in [6.07, 6.45) is 1.51. The first-order valence-corrected chi connectivity index (χ1v) is 10.3. The van der Waals surface area contributed by atoms with E-state index >= 15 is 0 Å². The molecule has 4 nitrogen and oxygen atoms in total. The first-order chi connectivity index (χ1) is 14.7. The molecule has 0 saturated carbocycles. The molecule has 0 N–H and O–H groups in total. The van der Waals surface area contributed by atoms with Gasteiger partial charge in [-0.2, -0.15) is 0 Å². The van der Waals surface area contributed by atoms with Gasteiger partial charge in [-0.3, -0.25) is 4.79 Å². The van der Waals surface area contributed by atoms with Crippen LogP contribution in [0.15, 0.2) is 72.8 Å². The van der Waals surface area contributed by atoms with Gasteiger partial charge in [-0.25, -0.2) is 0 Å². The van der Waals surface area contributed by atoms with Gasteiger partial charge in [0, 0.05) is 13.1 Å². The van der Waals surface area contributed by atoms with Gasteiger partial charge >= 0.3 is 0 Å². The average molecular weight is 402 g/mol. The Morgan fingerprint density at radius 1 is 0.900 bits per heavy atom. The van der Waals surface area contributed by atoms with Crippen molar-refractivity contribution in [1.82, 2.24) is 4.90 Å². The average Bonchev–Trinajstić information content (AvgIpc) is 2.82. The van der Waals surface area contributed by atoms with Gasteiger partial charge in [-0.15, -0.1) is 0 Å². The Labute approximate surface area is 178 Å². The van der Waals surface area contributed by atoms with Crippen LogP contribution in [0.3, 0.4) is 0 Å². The summed E-state index contributed by atoms with van der Waals surface area (Å²) in [5.74, 6) is 1.41. The van der Waals surface area contributed by atoms with Crippen molar-refractivity contribution in [1.29, 1.82) is 0 Å². The second kappa shape index (κ2) is 9.04. The number of fused-ring (bicyclic) bond motifs is 1. The Bertz CT molecular complexity index is 1000. The molecule has 0 bridgehead atoms. The molecule has 1 amide bonds. The Morgan fingerprint density at radius 3 is 2.13 bits per heavy atom. The van der Waals surface area contributed by atoms with Crippen molar-refractivity contribution in [3.05, 3.63) is 95.1 Å². The Kier molecular flexibility index (Phi) is 6.03. The molecular formula is C26H27NO3. The third-order valence-electron chi connectivity index (χ3n) is 5.81. The second-order valence-corrected chi connectivity index (χ2v) is 7.64. The van der Waals surface area contributed by atoms with E-state index in [2.05, 4.69) is 24.3 Å². The minimum Gasteiger partial charge on any atom is -0.493 e. The number of benzene rings is 3. The van der Waals surface area contributed by atoms with Crippen molar-refractivity contribution in [2.24, 2.45) is 0 Å². The maximum absolute atomic E-state index is 13.7. The summed E-state index contributed by atoms with van der Waals surface area (Å²) in [6.45, 7) is 1.30. The van der Waals surface area contributed by atoms with Crippen molar-refractivity contribution in [2.45, 2.75) is 25.3 Å². The van der Waals surface area contributed by atoms with Crippen LogP contribution >= 0.6 is 0 Å². The first kappa shape index (κ1) is 20.0. The van der Waals surface area contributed by atoms with Gasteiger partial charge < -0.3 is 14.4 Å². The highest BCUT2D eigenvalue weighted by atomic mass is 16.5. The highest BCUT2D eigenvalue weighted by Gasteiger charge is 2.29. The molecule has 4 heteroatoms. The number of carbonyl (C=O) groups excluding carboxylic acids is 1. The fourth-order valence-corrected chi connectivity index (χ4v) is 4.17. The fourth-order valence-electron chi connectivity index (χ4n) is 4.17. The number of hydrogen-bond acceptors (Lipinski definition) is 3.